The molecule has 0 bridgehead atoms. The van der Waals surface area contributed by atoms with Gasteiger partial charge in [-0.1, -0.05) is 0 Å². The lowest BCUT2D eigenvalue weighted by Gasteiger charge is -2.07. The van der Waals surface area contributed by atoms with Gasteiger partial charge in [-0.15, -0.1) is 0 Å². The molecule has 0 aliphatic heterocycles. The highest BCUT2D eigenvalue weighted by atomic mass is 19.1. The molecule has 0 heterocycles. The van der Waals surface area contributed by atoms with E-state index in [1.165, 1.54) is 0 Å². The van der Waals surface area contributed by atoms with Gasteiger partial charge in [-0.25, -0.2) is 9.18 Å². The zero-order valence-corrected chi connectivity index (χ0v) is 10.1. The SMILES string of the molecule is O=C(NCC[C@H](O)C(=O)O)c1ccc([N+](=O)[O-])cc1F. The number of carboxylic acid groups (broad SMARTS) is 1. The average molecular weight is 286 g/mol. The molecule has 0 aliphatic rings. The number of carbonyl (C=O) groups excluding carboxylic acids is 1. The van der Waals surface area contributed by atoms with Gasteiger partial charge >= 0.3 is 5.97 Å². The van der Waals surface area contributed by atoms with Crippen LogP contribution in [0.25, 0.3) is 0 Å². The fourth-order valence-corrected chi connectivity index (χ4v) is 1.34. The summed E-state index contributed by atoms with van der Waals surface area (Å²) in [4.78, 5) is 31.5. The lowest BCUT2D eigenvalue weighted by atomic mass is 10.1. The number of aliphatic hydroxyl groups is 1. The second-order valence-corrected chi connectivity index (χ2v) is 3.82. The monoisotopic (exact) mass is 286 g/mol. The average Bonchev–Trinajstić information content (AvgIpc) is 2.37. The Bertz CT molecular complexity index is 548. The maximum absolute atomic E-state index is 13.5. The quantitative estimate of drug-likeness (QED) is 0.509. The molecular weight excluding hydrogens is 275 g/mol. The standard InChI is InChI=1S/C11H11FN2O6/c12-8-5-6(14(19)20)1-2-7(8)10(16)13-4-3-9(15)11(17)18/h1-2,5,9,15H,3-4H2,(H,13,16)(H,17,18)/t9-/m0/s1. The summed E-state index contributed by atoms with van der Waals surface area (Å²) in [5, 5.41) is 30.0. The first-order valence-corrected chi connectivity index (χ1v) is 5.46. The third-order valence-corrected chi connectivity index (χ3v) is 2.40. The number of hydrogen-bond donors (Lipinski definition) is 3. The van der Waals surface area contributed by atoms with Gasteiger partial charge in [0.2, 0.25) is 0 Å². The highest BCUT2D eigenvalue weighted by Crippen LogP contribution is 2.16. The van der Waals surface area contributed by atoms with Crippen molar-refractivity contribution in [2.45, 2.75) is 12.5 Å². The van der Waals surface area contributed by atoms with Crippen molar-refractivity contribution in [3.05, 3.63) is 39.7 Å². The Labute approximate surface area is 112 Å². The van der Waals surface area contributed by atoms with E-state index in [0.717, 1.165) is 12.1 Å². The van der Waals surface area contributed by atoms with Gasteiger partial charge in [-0.05, 0) is 6.07 Å². The molecule has 3 N–H and O–H groups in total. The predicted octanol–water partition coefficient (Wildman–Crippen LogP) is 0.299. The van der Waals surface area contributed by atoms with Crippen molar-refractivity contribution in [2.24, 2.45) is 0 Å². The molecule has 0 aromatic heterocycles. The van der Waals surface area contributed by atoms with Gasteiger partial charge in [0.25, 0.3) is 11.6 Å². The minimum absolute atomic E-state index is 0.178. The van der Waals surface area contributed by atoms with Crippen molar-refractivity contribution in [1.29, 1.82) is 0 Å². The van der Waals surface area contributed by atoms with Crippen molar-refractivity contribution < 1.29 is 29.1 Å². The van der Waals surface area contributed by atoms with Crippen LogP contribution in [0, 0.1) is 15.9 Å². The maximum Gasteiger partial charge on any atom is 0.332 e. The van der Waals surface area contributed by atoms with E-state index in [-0.39, 0.29) is 13.0 Å². The Morgan fingerprint density at radius 2 is 2.10 bits per heavy atom. The fourth-order valence-electron chi connectivity index (χ4n) is 1.34. The predicted molar refractivity (Wildman–Crippen MR) is 63.6 cm³/mol. The first-order valence-electron chi connectivity index (χ1n) is 5.46. The van der Waals surface area contributed by atoms with Crippen LogP contribution in [0.2, 0.25) is 0 Å². The van der Waals surface area contributed by atoms with E-state index in [4.69, 9.17) is 10.2 Å². The van der Waals surface area contributed by atoms with Crippen LogP contribution >= 0.6 is 0 Å². The Hall–Kier alpha value is -2.55. The van der Waals surface area contributed by atoms with Crippen LogP contribution in [-0.2, 0) is 4.79 Å². The van der Waals surface area contributed by atoms with Crippen molar-refractivity contribution >= 4 is 17.6 Å². The summed E-state index contributed by atoms with van der Waals surface area (Å²) >= 11 is 0. The summed E-state index contributed by atoms with van der Waals surface area (Å²) < 4.78 is 13.5. The summed E-state index contributed by atoms with van der Waals surface area (Å²) in [5.41, 5.74) is -0.888. The number of carbonyl (C=O) groups is 2. The normalized spacial score (nSPS) is 11.7. The molecule has 0 fully saturated rings. The molecule has 0 radical (unpaired) electrons. The highest BCUT2D eigenvalue weighted by Gasteiger charge is 2.17. The molecule has 0 saturated carbocycles. The third kappa shape index (κ3) is 3.99. The molecule has 8 nitrogen and oxygen atoms in total. The van der Waals surface area contributed by atoms with Crippen LogP contribution in [0.4, 0.5) is 10.1 Å². The molecule has 0 aliphatic carbocycles. The molecule has 20 heavy (non-hydrogen) atoms. The molecule has 0 unspecified atom stereocenters. The number of aliphatic carboxylic acids is 1. The number of nitrogens with zero attached hydrogens (tertiary/aromatic N) is 1. The zero-order chi connectivity index (χ0) is 15.3. The lowest BCUT2D eigenvalue weighted by molar-refractivity contribution is -0.385. The molecule has 0 saturated heterocycles. The lowest BCUT2D eigenvalue weighted by Crippen LogP contribution is -2.30. The first kappa shape index (κ1) is 15.5. The Kier molecular flexibility index (Phi) is 5.09. The van der Waals surface area contributed by atoms with Gasteiger partial charge in [0, 0.05) is 19.0 Å². The van der Waals surface area contributed by atoms with Crippen molar-refractivity contribution in [3.8, 4) is 0 Å². The highest BCUT2D eigenvalue weighted by molar-refractivity contribution is 5.94. The summed E-state index contributed by atoms with van der Waals surface area (Å²) in [6.07, 6.45) is -1.87. The van der Waals surface area contributed by atoms with Crippen LogP contribution in [0.15, 0.2) is 18.2 Å². The molecule has 1 aromatic carbocycles. The van der Waals surface area contributed by atoms with E-state index in [1.807, 2.05) is 0 Å². The van der Waals surface area contributed by atoms with Gasteiger partial charge in [-0.3, -0.25) is 14.9 Å². The first-order chi connectivity index (χ1) is 9.32. The largest absolute Gasteiger partial charge is 0.479 e. The number of halogens is 1. The van der Waals surface area contributed by atoms with Gasteiger partial charge in [0.15, 0.2) is 6.10 Å². The number of non-ortho nitro benzene ring substituents is 1. The number of nitro groups is 1. The van der Waals surface area contributed by atoms with E-state index in [9.17, 15) is 24.1 Å². The summed E-state index contributed by atoms with van der Waals surface area (Å²) in [6, 6.07) is 2.54. The number of carboxylic acids is 1. The minimum atomic E-state index is -1.63. The number of nitro benzene ring substituents is 1. The molecule has 1 aromatic rings. The number of rotatable bonds is 6. The topological polar surface area (TPSA) is 130 Å². The fraction of sp³-hybridized carbons (Fsp3) is 0.273. The Morgan fingerprint density at radius 3 is 2.60 bits per heavy atom. The zero-order valence-electron chi connectivity index (χ0n) is 10.1. The van der Waals surface area contributed by atoms with E-state index >= 15 is 0 Å². The van der Waals surface area contributed by atoms with E-state index in [0.29, 0.717) is 6.07 Å². The van der Waals surface area contributed by atoms with Crippen molar-refractivity contribution in [1.82, 2.24) is 5.32 Å². The minimum Gasteiger partial charge on any atom is -0.479 e. The Balaban J connectivity index is 2.64. The van der Waals surface area contributed by atoms with Crippen LogP contribution in [0.5, 0.6) is 0 Å². The molecule has 1 atom stereocenters. The number of hydrogen-bond acceptors (Lipinski definition) is 5. The third-order valence-electron chi connectivity index (χ3n) is 2.40. The molecule has 1 amide bonds. The van der Waals surface area contributed by atoms with Gasteiger partial charge < -0.3 is 15.5 Å². The molecule has 1 rings (SSSR count). The second-order valence-electron chi connectivity index (χ2n) is 3.82. The van der Waals surface area contributed by atoms with Crippen LogP contribution < -0.4 is 5.32 Å². The number of amides is 1. The van der Waals surface area contributed by atoms with Gasteiger partial charge in [0.05, 0.1) is 16.6 Å². The molecule has 108 valence electrons. The van der Waals surface area contributed by atoms with Crippen LogP contribution in [0.3, 0.4) is 0 Å². The number of benzene rings is 1. The molecular formula is C11H11FN2O6. The summed E-state index contributed by atoms with van der Waals surface area (Å²) in [5.74, 6) is -3.34. The maximum atomic E-state index is 13.5. The summed E-state index contributed by atoms with van der Waals surface area (Å²) in [7, 11) is 0. The molecule has 0 spiro atoms. The number of aliphatic hydroxyl groups excluding tert-OH is 1. The van der Waals surface area contributed by atoms with E-state index in [2.05, 4.69) is 5.32 Å². The van der Waals surface area contributed by atoms with Gasteiger partial charge in [-0.2, -0.15) is 0 Å². The second kappa shape index (κ2) is 6.57. The van der Waals surface area contributed by atoms with Crippen LogP contribution in [-0.4, -0.2) is 39.7 Å². The van der Waals surface area contributed by atoms with E-state index < -0.39 is 40.0 Å². The number of nitrogens with one attached hydrogen (secondary N) is 1. The van der Waals surface area contributed by atoms with Crippen molar-refractivity contribution in [3.63, 3.8) is 0 Å². The molecule has 9 heteroatoms. The smallest absolute Gasteiger partial charge is 0.332 e. The van der Waals surface area contributed by atoms with Crippen molar-refractivity contribution in [2.75, 3.05) is 6.54 Å². The van der Waals surface area contributed by atoms with E-state index in [1.54, 1.807) is 0 Å². The van der Waals surface area contributed by atoms with Crippen LogP contribution in [0.1, 0.15) is 16.8 Å². The Morgan fingerprint density at radius 1 is 1.45 bits per heavy atom. The van der Waals surface area contributed by atoms with Gasteiger partial charge in [0.1, 0.15) is 5.82 Å². The summed E-state index contributed by atoms with van der Waals surface area (Å²) in [6.45, 7) is -0.178.